The number of aromatic nitrogens is 4. The molecule has 0 bridgehead atoms. The van der Waals surface area contributed by atoms with E-state index in [1.165, 1.54) is 11.8 Å². The molecule has 4 aromatic rings. The van der Waals surface area contributed by atoms with E-state index in [9.17, 15) is 4.79 Å². The first kappa shape index (κ1) is 24.0. The molecule has 0 saturated carbocycles. The van der Waals surface area contributed by atoms with Gasteiger partial charge in [-0.05, 0) is 73.2 Å². The molecule has 35 heavy (non-hydrogen) atoms. The molecule has 0 spiro atoms. The van der Waals surface area contributed by atoms with Gasteiger partial charge in [-0.3, -0.25) is 14.3 Å². The van der Waals surface area contributed by atoms with Gasteiger partial charge in [0.2, 0.25) is 0 Å². The number of amides is 1. The summed E-state index contributed by atoms with van der Waals surface area (Å²) in [5.74, 6) is 2.01. The third-order valence-corrected chi connectivity index (χ3v) is 5.74. The molecule has 0 unspecified atom stereocenters. The number of methoxy groups -OCH3 is 1. The fraction of sp³-hybridized carbons (Fsp3) is 0.160. The van der Waals surface area contributed by atoms with Crippen LogP contribution in [0.2, 0.25) is 0 Å². The third kappa shape index (κ3) is 6.24. The quantitative estimate of drug-likeness (QED) is 0.205. The van der Waals surface area contributed by atoms with Gasteiger partial charge >= 0.3 is 0 Å². The lowest BCUT2D eigenvalue weighted by Crippen LogP contribution is -2.20. The second-order valence-corrected chi connectivity index (χ2v) is 8.11. The Morgan fingerprint density at radius 1 is 1.09 bits per heavy atom. The van der Waals surface area contributed by atoms with Crippen molar-refractivity contribution in [2.24, 2.45) is 5.10 Å². The summed E-state index contributed by atoms with van der Waals surface area (Å²) >= 11 is 1.27. The number of carbonyl (C=O) groups is 1. The standard InChI is InChI=1S/C25H24N6O3S/c1-3-34-22-12-8-20(9-13-22)31-24(19-5-4-14-26-16-19)29-30-25(31)35-17-23(32)28-27-15-18-6-10-21(33-2)11-7-18/h4-16H,3,17H2,1-2H3,(H,28,32). The van der Waals surface area contributed by atoms with Gasteiger partial charge in [0.15, 0.2) is 11.0 Å². The minimum absolute atomic E-state index is 0.113. The minimum Gasteiger partial charge on any atom is -0.497 e. The van der Waals surface area contributed by atoms with Crippen molar-refractivity contribution in [3.8, 4) is 28.6 Å². The zero-order valence-corrected chi connectivity index (χ0v) is 20.1. The lowest BCUT2D eigenvalue weighted by atomic mass is 10.2. The van der Waals surface area contributed by atoms with Crippen molar-refractivity contribution in [2.45, 2.75) is 12.1 Å². The first-order valence-corrected chi connectivity index (χ1v) is 11.8. The van der Waals surface area contributed by atoms with Crippen molar-refractivity contribution in [1.29, 1.82) is 0 Å². The summed E-state index contributed by atoms with van der Waals surface area (Å²) in [5.41, 5.74) is 5.05. The highest BCUT2D eigenvalue weighted by atomic mass is 32.2. The van der Waals surface area contributed by atoms with E-state index in [1.54, 1.807) is 25.7 Å². The Morgan fingerprint density at radius 3 is 2.54 bits per heavy atom. The van der Waals surface area contributed by atoms with Crippen LogP contribution in [0.15, 0.2) is 83.3 Å². The van der Waals surface area contributed by atoms with Crippen LogP contribution in [-0.2, 0) is 4.79 Å². The van der Waals surface area contributed by atoms with Crippen LogP contribution >= 0.6 is 11.8 Å². The molecule has 9 nitrogen and oxygen atoms in total. The molecule has 10 heteroatoms. The van der Waals surface area contributed by atoms with Crippen LogP contribution in [0, 0.1) is 0 Å². The lowest BCUT2D eigenvalue weighted by molar-refractivity contribution is -0.118. The predicted octanol–water partition coefficient (Wildman–Crippen LogP) is 3.98. The van der Waals surface area contributed by atoms with Gasteiger partial charge in [0.1, 0.15) is 11.5 Å². The lowest BCUT2D eigenvalue weighted by Gasteiger charge is -2.11. The molecule has 0 aliphatic heterocycles. The minimum atomic E-state index is -0.260. The summed E-state index contributed by atoms with van der Waals surface area (Å²) < 4.78 is 12.6. The molecule has 0 aliphatic carbocycles. The summed E-state index contributed by atoms with van der Waals surface area (Å²) in [6.45, 7) is 2.53. The summed E-state index contributed by atoms with van der Waals surface area (Å²) in [5, 5.41) is 13.3. The fourth-order valence-corrected chi connectivity index (χ4v) is 3.91. The van der Waals surface area contributed by atoms with Crippen molar-refractivity contribution in [3.05, 3.63) is 78.6 Å². The molecule has 1 N–H and O–H groups in total. The molecule has 0 aliphatic rings. The largest absolute Gasteiger partial charge is 0.497 e. The van der Waals surface area contributed by atoms with Gasteiger partial charge in [0, 0.05) is 23.6 Å². The Bertz CT molecular complexity index is 1280. The first-order chi connectivity index (χ1) is 17.2. The van der Waals surface area contributed by atoms with Gasteiger partial charge in [-0.2, -0.15) is 5.10 Å². The number of rotatable bonds is 10. The van der Waals surface area contributed by atoms with Crippen molar-refractivity contribution in [1.82, 2.24) is 25.2 Å². The van der Waals surface area contributed by atoms with Gasteiger partial charge < -0.3 is 9.47 Å². The fourth-order valence-electron chi connectivity index (χ4n) is 3.17. The number of hydrazone groups is 1. The summed E-state index contributed by atoms with van der Waals surface area (Å²) in [6.07, 6.45) is 5.00. The summed E-state index contributed by atoms with van der Waals surface area (Å²) in [7, 11) is 1.61. The highest BCUT2D eigenvalue weighted by Gasteiger charge is 2.17. The van der Waals surface area contributed by atoms with Crippen LogP contribution in [0.4, 0.5) is 0 Å². The molecule has 2 heterocycles. The van der Waals surface area contributed by atoms with Crippen molar-refractivity contribution in [3.63, 3.8) is 0 Å². The second kappa shape index (κ2) is 11.8. The molecule has 0 radical (unpaired) electrons. The average molecular weight is 489 g/mol. The van der Waals surface area contributed by atoms with Crippen LogP contribution in [0.3, 0.4) is 0 Å². The van der Waals surface area contributed by atoms with Crippen LogP contribution < -0.4 is 14.9 Å². The van der Waals surface area contributed by atoms with Gasteiger partial charge in [-0.1, -0.05) is 11.8 Å². The third-order valence-electron chi connectivity index (χ3n) is 4.81. The molecule has 4 rings (SSSR count). The maximum absolute atomic E-state index is 12.4. The number of carbonyl (C=O) groups excluding carboxylic acids is 1. The molecule has 0 atom stereocenters. The van der Waals surface area contributed by atoms with Crippen LogP contribution in [0.25, 0.3) is 17.1 Å². The number of hydrogen-bond donors (Lipinski definition) is 1. The van der Waals surface area contributed by atoms with E-state index in [-0.39, 0.29) is 11.7 Å². The molecule has 2 aromatic carbocycles. The zero-order valence-electron chi connectivity index (χ0n) is 19.3. The SMILES string of the molecule is CCOc1ccc(-n2c(SCC(=O)NN=Cc3ccc(OC)cc3)nnc2-c2cccnc2)cc1. The predicted molar refractivity (Wildman–Crippen MR) is 135 cm³/mol. The Hall–Kier alpha value is -4.18. The number of hydrogen-bond acceptors (Lipinski definition) is 8. The molecule has 1 amide bonds. The Kier molecular flexibility index (Phi) is 8.08. The van der Waals surface area contributed by atoms with Gasteiger partial charge in [0.25, 0.3) is 5.91 Å². The van der Waals surface area contributed by atoms with E-state index >= 15 is 0 Å². The number of benzene rings is 2. The summed E-state index contributed by atoms with van der Waals surface area (Å²) in [4.78, 5) is 16.6. The highest BCUT2D eigenvalue weighted by molar-refractivity contribution is 7.99. The molecular weight excluding hydrogens is 464 g/mol. The van der Waals surface area contributed by atoms with Gasteiger partial charge in [-0.15, -0.1) is 10.2 Å². The van der Waals surface area contributed by atoms with Crippen molar-refractivity contribution < 1.29 is 14.3 Å². The zero-order chi connectivity index (χ0) is 24.5. The van der Waals surface area contributed by atoms with Crippen molar-refractivity contribution in [2.75, 3.05) is 19.5 Å². The molecule has 2 aromatic heterocycles. The van der Waals surface area contributed by atoms with Gasteiger partial charge in [-0.25, -0.2) is 5.43 Å². The maximum Gasteiger partial charge on any atom is 0.250 e. The second-order valence-electron chi connectivity index (χ2n) is 7.17. The topological polar surface area (TPSA) is 104 Å². The van der Waals surface area contributed by atoms with Crippen LogP contribution in [0.5, 0.6) is 11.5 Å². The molecule has 0 fully saturated rings. The molecule has 178 valence electrons. The number of pyridine rings is 1. The maximum atomic E-state index is 12.4. The number of nitrogens with one attached hydrogen (secondary N) is 1. The van der Waals surface area contributed by atoms with Crippen LogP contribution in [-0.4, -0.2) is 51.3 Å². The number of nitrogens with zero attached hydrogens (tertiary/aromatic N) is 5. The Balaban J connectivity index is 1.48. The monoisotopic (exact) mass is 488 g/mol. The Labute approximate surface area is 207 Å². The molecule has 0 saturated heterocycles. The van der Waals surface area contributed by atoms with E-state index in [4.69, 9.17) is 9.47 Å². The smallest absolute Gasteiger partial charge is 0.250 e. The van der Waals surface area contributed by atoms with Crippen molar-refractivity contribution >= 4 is 23.9 Å². The first-order valence-electron chi connectivity index (χ1n) is 10.9. The summed E-state index contributed by atoms with van der Waals surface area (Å²) in [6, 6.07) is 18.7. The normalized spacial score (nSPS) is 10.9. The molecular formula is C25H24N6O3S. The average Bonchev–Trinajstić information content (AvgIpc) is 3.33. The van der Waals surface area contributed by atoms with E-state index in [0.717, 1.165) is 28.3 Å². The highest BCUT2D eigenvalue weighted by Crippen LogP contribution is 2.28. The number of thioether (sulfide) groups is 1. The number of ether oxygens (including phenoxy) is 2. The van der Waals surface area contributed by atoms with Gasteiger partial charge in [0.05, 0.1) is 25.7 Å². The Morgan fingerprint density at radius 2 is 1.86 bits per heavy atom. The van der Waals surface area contributed by atoms with E-state index in [1.807, 2.05) is 72.2 Å². The van der Waals surface area contributed by atoms with E-state index < -0.39 is 0 Å². The van der Waals surface area contributed by atoms with E-state index in [0.29, 0.717) is 17.6 Å². The van der Waals surface area contributed by atoms with E-state index in [2.05, 4.69) is 25.7 Å². The van der Waals surface area contributed by atoms with Crippen LogP contribution in [0.1, 0.15) is 12.5 Å².